The predicted octanol–water partition coefficient (Wildman–Crippen LogP) is 1.52. The quantitative estimate of drug-likeness (QED) is 0.904. The van der Waals surface area contributed by atoms with Crippen LogP contribution < -0.4 is 5.73 Å². The van der Waals surface area contributed by atoms with Gasteiger partial charge in [0.25, 0.3) is 10.0 Å². The normalized spacial score (nSPS) is 21.8. The van der Waals surface area contributed by atoms with Gasteiger partial charge in [0.15, 0.2) is 5.03 Å². The monoisotopic (exact) mass is 336 g/mol. The minimum Gasteiger partial charge on any atom is -0.334 e. The molecule has 0 amide bonds. The fourth-order valence-electron chi connectivity index (χ4n) is 2.80. The number of halogens is 1. The molecule has 8 heteroatoms. The number of piperidine rings is 1. The van der Waals surface area contributed by atoms with Crippen LogP contribution in [0.3, 0.4) is 0 Å². The molecule has 2 heterocycles. The van der Waals surface area contributed by atoms with Crippen LogP contribution in [0.4, 0.5) is 0 Å². The SMILES string of the molecule is CCn1cc(S(=O)(=O)N2CCCCC2C(C)N)nc1C.Cl. The molecular formula is C13H25ClN4O2S. The van der Waals surface area contributed by atoms with Crippen LogP contribution in [0.1, 0.15) is 38.9 Å². The lowest BCUT2D eigenvalue weighted by Crippen LogP contribution is -2.51. The van der Waals surface area contributed by atoms with Gasteiger partial charge in [0.1, 0.15) is 5.82 Å². The molecule has 122 valence electrons. The molecule has 0 bridgehead atoms. The van der Waals surface area contributed by atoms with E-state index in [4.69, 9.17) is 5.73 Å². The van der Waals surface area contributed by atoms with E-state index in [1.807, 2.05) is 25.3 Å². The molecule has 2 N–H and O–H groups in total. The zero-order valence-corrected chi connectivity index (χ0v) is 14.5. The second-order valence-electron chi connectivity index (χ2n) is 5.45. The van der Waals surface area contributed by atoms with Crippen LogP contribution in [0.15, 0.2) is 11.2 Å². The largest absolute Gasteiger partial charge is 0.334 e. The highest BCUT2D eigenvalue weighted by molar-refractivity contribution is 7.89. The van der Waals surface area contributed by atoms with E-state index in [1.54, 1.807) is 10.5 Å². The van der Waals surface area contributed by atoms with E-state index >= 15 is 0 Å². The first-order chi connectivity index (χ1) is 9.37. The van der Waals surface area contributed by atoms with Gasteiger partial charge in [-0.3, -0.25) is 0 Å². The first-order valence-corrected chi connectivity index (χ1v) is 8.63. The summed E-state index contributed by atoms with van der Waals surface area (Å²) in [4.78, 5) is 4.21. The number of aryl methyl sites for hydroxylation is 2. The molecule has 21 heavy (non-hydrogen) atoms. The van der Waals surface area contributed by atoms with Crippen molar-refractivity contribution >= 4 is 22.4 Å². The molecule has 1 aromatic heterocycles. The molecule has 1 aromatic rings. The molecule has 6 nitrogen and oxygen atoms in total. The summed E-state index contributed by atoms with van der Waals surface area (Å²) in [5.41, 5.74) is 5.96. The molecular weight excluding hydrogens is 312 g/mol. The molecule has 2 rings (SSSR count). The number of hydrogen-bond donors (Lipinski definition) is 1. The van der Waals surface area contributed by atoms with Crippen molar-refractivity contribution in [1.29, 1.82) is 0 Å². The maximum atomic E-state index is 12.8. The number of nitrogens with zero attached hydrogens (tertiary/aromatic N) is 3. The van der Waals surface area contributed by atoms with Gasteiger partial charge >= 0.3 is 0 Å². The second-order valence-corrected chi connectivity index (χ2v) is 7.29. The van der Waals surface area contributed by atoms with Crippen molar-refractivity contribution in [3.63, 3.8) is 0 Å². The van der Waals surface area contributed by atoms with Gasteiger partial charge in [-0.2, -0.15) is 4.31 Å². The van der Waals surface area contributed by atoms with Gasteiger partial charge in [0.05, 0.1) is 0 Å². The zero-order chi connectivity index (χ0) is 14.9. The Balaban J connectivity index is 0.00000220. The van der Waals surface area contributed by atoms with Gasteiger partial charge in [0, 0.05) is 31.4 Å². The van der Waals surface area contributed by atoms with E-state index < -0.39 is 10.0 Å². The van der Waals surface area contributed by atoms with Crippen molar-refractivity contribution in [2.75, 3.05) is 6.54 Å². The third-order valence-corrected chi connectivity index (χ3v) is 5.77. The van der Waals surface area contributed by atoms with Crippen LogP contribution in [0.5, 0.6) is 0 Å². The van der Waals surface area contributed by atoms with Gasteiger partial charge in [0.2, 0.25) is 0 Å². The standard InChI is InChI=1S/C13H24N4O2S.ClH/c1-4-16-9-13(15-11(16)3)20(18,19)17-8-6-5-7-12(17)10(2)14;/h9-10,12H,4-8,14H2,1-3H3;1H. The van der Waals surface area contributed by atoms with Gasteiger partial charge < -0.3 is 10.3 Å². The molecule has 0 aromatic carbocycles. The molecule has 0 aliphatic carbocycles. The first-order valence-electron chi connectivity index (χ1n) is 7.19. The zero-order valence-electron chi connectivity index (χ0n) is 12.8. The van der Waals surface area contributed by atoms with Crippen LogP contribution in [-0.2, 0) is 16.6 Å². The molecule has 1 aliphatic heterocycles. The Labute approximate surface area is 133 Å². The van der Waals surface area contributed by atoms with Crippen molar-refractivity contribution in [3.8, 4) is 0 Å². The number of rotatable bonds is 4. The molecule has 2 unspecified atom stereocenters. The highest BCUT2D eigenvalue weighted by Crippen LogP contribution is 2.26. The number of nitrogens with two attached hydrogens (primary N) is 1. The summed E-state index contributed by atoms with van der Waals surface area (Å²) in [7, 11) is -3.55. The summed E-state index contributed by atoms with van der Waals surface area (Å²) in [5.74, 6) is 0.723. The maximum Gasteiger partial charge on any atom is 0.262 e. The topological polar surface area (TPSA) is 81.2 Å². The van der Waals surface area contributed by atoms with Crippen molar-refractivity contribution in [1.82, 2.24) is 13.9 Å². The fourth-order valence-corrected chi connectivity index (χ4v) is 4.57. The van der Waals surface area contributed by atoms with Gasteiger partial charge in [-0.25, -0.2) is 13.4 Å². The second kappa shape index (κ2) is 7.09. The third-order valence-electron chi connectivity index (χ3n) is 3.97. The fraction of sp³-hybridized carbons (Fsp3) is 0.769. The van der Waals surface area contributed by atoms with Crippen LogP contribution in [-0.4, -0.2) is 40.9 Å². The molecule has 1 saturated heterocycles. The predicted molar refractivity (Wildman–Crippen MR) is 85.1 cm³/mol. The van der Waals surface area contributed by atoms with E-state index in [1.165, 1.54) is 0 Å². The lowest BCUT2D eigenvalue weighted by Gasteiger charge is -2.36. The van der Waals surface area contributed by atoms with Crippen molar-refractivity contribution < 1.29 is 8.42 Å². The van der Waals surface area contributed by atoms with Gasteiger partial charge in [-0.1, -0.05) is 6.42 Å². The van der Waals surface area contributed by atoms with Crippen LogP contribution in [0, 0.1) is 6.92 Å². The summed E-state index contributed by atoms with van der Waals surface area (Å²) in [6, 6.07) is -0.291. The molecule has 1 aliphatic rings. The number of aromatic nitrogens is 2. The average molecular weight is 337 g/mol. The highest BCUT2D eigenvalue weighted by atomic mass is 35.5. The third kappa shape index (κ3) is 3.59. The Bertz CT molecular complexity index is 571. The van der Waals surface area contributed by atoms with E-state index in [0.29, 0.717) is 13.1 Å². The van der Waals surface area contributed by atoms with Crippen molar-refractivity contribution in [2.45, 2.75) is 63.7 Å². The molecule has 1 fully saturated rings. The molecule has 0 radical (unpaired) electrons. The Morgan fingerprint density at radius 3 is 2.67 bits per heavy atom. The van der Waals surface area contributed by atoms with E-state index in [9.17, 15) is 8.42 Å². The maximum absolute atomic E-state index is 12.8. The Morgan fingerprint density at radius 2 is 2.14 bits per heavy atom. The Morgan fingerprint density at radius 1 is 1.48 bits per heavy atom. The molecule has 0 saturated carbocycles. The number of sulfonamides is 1. The van der Waals surface area contributed by atoms with Crippen LogP contribution in [0.2, 0.25) is 0 Å². The Hall–Kier alpha value is -0.630. The van der Waals surface area contributed by atoms with Gasteiger partial charge in [-0.05, 0) is 33.6 Å². The average Bonchev–Trinajstić information content (AvgIpc) is 2.80. The van der Waals surface area contributed by atoms with Crippen molar-refractivity contribution in [3.05, 3.63) is 12.0 Å². The van der Waals surface area contributed by atoms with E-state index in [-0.39, 0.29) is 29.5 Å². The van der Waals surface area contributed by atoms with E-state index in [2.05, 4.69) is 4.98 Å². The van der Waals surface area contributed by atoms with E-state index in [0.717, 1.165) is 25.1 Å². The van der Waals surface area contributed by atoms with Crippen LogP contribution >= 0.6 is 12.4 Å². The minimum atomic E-state index is -3.55. The molecule has 2 atom stereocenters. The number of imidazole rings is 1. The summed E-state index contributed by atoms with van der Waals surface area (Å²) in [6.07, 6.45) is 4.36. The van der Waals surface area contributed by atoms with Crippen molar-refractivity contribution in [2.24, 2.45) is 5.73 Å². The Kier molecular flexibility index (Phi) is 6.22. The highest BCUT2D eigenvalue weighted by Gasteiger charge is 2.36. The van der Waals surface area contributed by atoms with Crippen LogP contribution in [0.25, 0.3) is 0 Å². The summed E-state index contributed by atoms with van der Waals surface area (Å²) in [6.45, 7) is 6.91. The lowest BCUT2D eigenvalue weighted by atomic mass is 10.00. The number of hydrogen-bond acceptors (Lipinski definition) is 4. The minimum absolute atomic E-state index is 0. The van der Waals surface area contributed by atoms with Gasteiger partial charge in [-0.15, -0.1) is 12.4 Å². The molecule has 0 spiro atoms. The summed E-state index contributed by atoms with van der Waals surface area (Å²) < 4.78 is 28.9. The first kappa shape index (κ1) is 18.4. The smallest absolute Gasteiger partial charge is 0.262 e. The lowest BCUT2D eigenvalue weighted by molar-refractivity contribution is 0.227. The summed E-state index contributed by atoms with van der Waals surface area (Å²) >= 11 is 0. The summed E-state index contributed by atoms with van der Waals surface area (Å²) in [5, 5.41) is 0.143.